The molecule has 6 heteroatoms. The molecule has 0 saturated carbocycles. The summed E-state index contributed by atoms with van der Waals surface area (Å²) in [7, 11) is -3.51. The maximum absolute atomic E-state index is 11.9. The third kappa shape index (κ3) is 4.02. The van der Waals surface area contributed by atoms with E-state index in [1.807, 2.05) is 13.0 Å². The van der Waals surface area contributed by atoms with Gasteiger partial charge in [-0.25, -0.2) is 8.42 Å². The van der Waals surface area contributed by atoms with Crippen LogP contribution < -0.4 is 5.73 Å². The van der Waals surface area contributed by atoms with E-state index in [0.29, 0.717) is 18.7 Å². The van der Waals surface area contributed by atoms with Gasteiger partial charge in [0.15, 0.2) is 5.75 Å². The molecule has 0 amide bonds. The molecule has 1 aromatic carbocycles. The van der Waals surface area contributed by atoms with Crippen molar-refractivity contribution in [3.05, 3.63) is 29.8 Å². The van der Waals surface area contributed by atoms with E-state index >= 15 is 0 Å². The molecular weight excluding hydrogens is 250 g/mol. The Labute approximate surface area is 108 Å². The van der Waals surface area contributed by atoms with Crippen LogP contribution in [0.2, 0.25) is 0 Å². The van der Waals surface area contributed by atoms with Crippen molar-refractivity contribution in [2.24, 2.45) is 0 Å². The molecule has 0 radical (unpaired) electrons. The fourth-order valence-corrected chi connectivity index (χ4v) is 2.79. The molecule has 0 heterocycles. The highest BCUT2D eigenvalue weighted by atomic mass is 32.2. The number of nitrogens with zero attached hydrogens (tertiary/aromatic N) is 2. The molecule has 0 bridgehead atoms. The molecule has 0 unspecified atom stereocenters. The fraction of sp³-hybridized carbons (Fsp3) is 0.417. The van der Waals surface area contributed by atoms with Crippen molar-refractivity contribution < 1.29 is 8.42 Å². The van der Waals surface area contributed by atoms with Crippen LogP contribution in [0.25, 0.3) is 0 Å². The first-order valence-corrected chi connectivity index (χ1v) is 7.29. The minimum Gasteiger partial charge on any atom is -0.399 e. The van der Waals surface area contributed by atoms with E-state index in [1.54, 1.807) is 24.3 Å². The summed E-state index contributed by atoms with van der Waals surface area (Å²) in [6, 6.07) is 8.78. The van der Waals surface area contributed by atoms with Crippen molar-refractivity contribution in [2.75, 3.05) is 18.0 Å². The number of nitrogen functional groups attached to an aromatic ring is 1. The first-order chi connectivity index (χ1) is 8.49. The molecule has 0 spiro atoms. The van der Waals surface area contributed by atoms with Crippen LogP contribution >= 0.6 is 0 Å². The zero-order valence-corrected chi connectivity index (χ0v) is 11.2. The van der Waals surface area contributed by atoms with Gasteiger partial charge in [0, 0.05) is 18.8 Å². The summed E-state index contributed by atoms with van der Waals surface area (Å²) >= 11 is 0. The number of nitrogens with two attached hydrogens (primary N) is 1. The number of rotatable bonds is 6. The van der Waals surface area contributed by atoms with E-state index in [9.17, 15) is 8.42 Å². The minimum atomic E-state index is -3.51. The van der Waals surface area contributed by atoms with E-state index in [0.717, 1.165) is 5.56 Å². The summed E-state index contributed by atoms with van der Waals surface area (Å²) in [4.78, 5) is 0. The zero-order chi connectivity index (χ0) is 13.6. The van der Waals surface area contributed by atoms with Gasteiger partial charge in [0.05, 0.1) is 6.07 Å². The predicted molar refractivity (Wildman–Crippen MR) is 71.0 cm³/mol. The van der Waals surface area contributed by atoms with Gasteiger partial charge in [-0.15, -0.1) is 0 Å². The van der Waals surface area contributed by atoms with E-state index in [4.69, 9.17) is 11.0 Å². The van der Waals surface area contributed by atoms with Crippen LogP contribution in [0, 0.1) is 11.3 Å². The minimum absolute atomic E-state index is 0.253. The molecule has 0 aliphatic rings. The van der Waals surface area contributed by atoms with Gasteiger partial charge in [0.2, 0.25) is 10.0 Å². The van der Waals surface area contributed by atoms with Crippen LogP contribution in [0.1, 0.15) is 18.9 Å². The van der Waals surface area contributed by atoms with Gasteiger partial charge < -0.3 is 5.73 Å². The number of sulfonamides is 1. The van der Waals surface area contributed by atoms with Crippen LogP contribution in [-0.4, -0.2) is 25.0 Å². The number of anilines is 1. The van der Waals surface area contributed by atoms with Crippen molar-refractivity contribution in [3.63, 3.8) is 0 Å². The van der Waals surface area contributed by atoms with E-state index in [1.165, 1.54) is 4.31 Å². The molecule has 98 valence electrons. The maximum atomic E-state index is 11.9. The van der Waals surface area contributed by atoms with Gasteiger partial charge in [-0.3, -0.25) is 0 Å². The van der Waals surface area contributed by atoms with Gasteiger partial charge in [-0.05, 0) is 24.1 Å². The second-order valence-electron chi connectivity index (χ2n) is 3.99. The Morgan fingerprint density at radius 1 is 1.44 bits per heavy atom. The van der Waals surface area contributed by atoms with Crippen LogP contribution in [0.3, 0.4) is 0 Å². The second kappa shape index (κ2) is 6.38. The van der Waals surface area contributed by atoms with Gasteiger partial charge in [-0.1, -0.05) is 19.1 Å². The normalized spacial score (nSPS) is 11.4. The predicted octanol–water partition coefficient (Wildman–Crippen LogP) is 1.33. The summed E-state index contributed by atoms with van der Waals surface area (Å²) in [5.41, 5.74) is 7.08. The summed E-state index contributed by atoms with van der Waals surface area (Å²) < 4.78 is 25.1. The molecule has 0 aliphatic carbocycles. The topological polar surface area (TPSA) is 87.2 Å². The van der Waals surface area contributed by atoms with Gasteiger partial charge >= 0.3 is 0 Å². The van der Waals surface area contributed by atoms with Crippen molar-refractivity contribution >= 4 is 15.7 Å². The maximum Gasteiger partial charge on any atom is 0.227 e. The average Bonchev–Trinajstić information content (AvgIpc) is 2.28. The molecule has 5 nitrogen and oxygen atoms in total. The van der Waals surface area contributed by atoms with Crippen molar-refractivity contribution in [2.45, 2.75) is 19.9 Å². The molecule has 0 aliphatic heterocycles. The van der Waals surface area contributed by atoms with Crippen molar-refractivity contribution in [1.82, 2.24) is 4.31 Å². The SMILES string of the molecule is CCCN(Cc1cccc(N)c1)S(=O)(=O)CC#N. The highest BCUT2D eigenvalue weighted by Crippen LogP contribution is 2.13. The van der Waals surface area contributed by atoms with Crippen LogP contribution in [-0.2, 0) is 16.6 Å². The molecule has 0 atom stereocenters. The Morgan fingerprint density at radius 3 is 2.72 bits per heavy atom. The highest BCUT2D eigenvalue weighted by Gasteiger charge is 2.21. The number of hydrogen-bond acceptors (Lipinski definition) is 4. The fourth-order valence-electron chi connectivity index (χ4n) is 1.63. The lowest BCUT2D eigenvalue weighted by Gasteiger charge is -2.20. The quantitative estimate of drug-likeness (QED) is 0.788. The number of hydrogen-bond donors (Lipinski definition) is 1. The number of benzene rings is 1. The summed E-state index contributed by atoms with van der Waals surface area (Å²) in [6.45, 7) is 2.55. The molecule has 1 rings (SSSR count). The third-order valence-corrected chi connectivity index (χ3v) is 4.02. The molecule has 0 fully saturated rings. The van der Waals surface area contributed by atoms with Crippen LogP contribution in [0.5, 0.6) is 0 Å². The molecular formula is C12H17N3O2S. The number of nitriles is 1. The molecule has 2 N–H and O–H groups in total. The Hall–Kier alpha value is -1.58. The summed E-state index contributed by atoms with van der Waals surface area (Å²) in [5, 5.41) is 8.55. The van der Waals surface area contributed by atoms with Gasteiger partial charge in [0.25, 0.3) is 0 Å². The smallest absolute Gasteiger partial charge is 0.227 e. The largest absolute Gasteiger partial charge is 0.399 e. The lowest BCUT2D eigenvalue weighted by Crippen LogP contribution is -2.33. The Morgan fingerprint density at radius 2 is 2.17 bits per heavy atom. The Bertz CT molecular complexity index is 534. The molecule has 0 aromatic heterocycles. The van der Waals surface area contributed by atoms with E-state index in [2.05, 4.69) is 0 Å². The highest BCUT2D eigenvalue weighted by molar-refractivity contribution is 7.89. The first-order valence-electron chi connectivity index (χ1n) is 5.68. The Balaban J connectivity index is 2.91. The van der Waals surface area contributed by atoms with E-state index < -0.39 is 15.8 Å². The summed E-state index contributed by atoms with van der Waals surface area (Å²) in [6.07, 6.45) is 0.701. The Kier molecular flexibility index (Phi) is 5.13. The molecule has 1 aromatic rings. The monoisotopic (exact) mass is 267 g/mol. The van der Waals surface area contributed by atoms with Gasteiger partial charge in [-0.2, -0.15) is 9.57 Å². The zero-order valence-electron chi connectivity index (χ0n) is 10.3. The summed E-state index contributed by atoms with van der Waals surface area (Å²) in [5.74, 6) is -0.491. The van der Waals surface area contributed by atoms with Crippen LogP contribution in [0.15, 0.2) is 24.3 Å². The lowest BCUT2D eigenvalue weighted by atomic mass is 10.2. The second-order valence-corrected chi connectivity index (χ2v) is 5.96. The first kappa shape index (κ1) is 14.5. The standard InChI is InChI=1S/C12H17N3O2S/c1-2-7-15(18(16,17)8-6-13)10-11-4-3-5-12(14)9-11/h3-5,9H,2,7-8,10,14H2,1H3. The van der Waals surface area contributed by atoms with Crippen molar-refractivity contribution in [3.8, 4) is 6.07 Å². The molecule has 0 saturated heterocycles. The third-order valence-electron chi connectivity index (χ3n) is 2.42. The van der Waals surface area contributed by atoms with Gasteiger partial charge in [0.1, 0.15) is 0 Å². The van der Waals surface area contributed by atoms with Crippen LogP contribution in [0.4, 0.5) is 5.69 Å². The lowest BCUT2D eigenvalue weighted by molar-refractivity contribution is 0.408. The average molecular weight is 267 g/mol. The van der Waals surface area contributed by atoms with E-state index in [-0.39, 0.29) is 6.54 Å². The molecule has 18 heavy (non-hydrogen) atoms. The van der Waals surface area contributed by atoms with Crippen molar-refractivity contribution in [1.29, 1.82) is 5.26 Å².